The van der Waals surface area contributed by atoms with Gasteiger partial charge in [-0.15, -0.1) is 0 Å². The van der Waals surface area contributed by atoms with Gasteiger partial charge >= 0.3 is 0 Å². The van der Waals surface area contributed by atoms with Crippen molar-refractivity contribution in [2.45, 2.75) is 32.9 Å². The van der Waals surface area contributed by atoms with Gasteiger partial charge in [0.25, 0.3) is 0 Å². The summed E-state index contributed by atoms with van der Waals surface area (Å²) in [6, 6.07) is 5.09. The Bertz CT molecular complexity index is 493. The molecule has 0 radical (unpaired) electrons. The molecule has 1 aromatic carbocycles. The molecular formula is C16H23FN2O2. The lowest BCUT2D eigenvalue weighted by Crippen LogP contribution is -2.44. The van der Waals surface area contributed by atoms with Crippen molar-refractivity contribution in [3.05, 3.63) is 35.1 Å². The molecule has 0 saturated carbocycles. The molecule has 2 N–H and O–H groups in total. The van der Waals surface area contributed by atoms with Gasteiger partial charge in [-0.3, -0.25) is 4.79 Å². The quantitative estimate of drug-likeness (QED) is 0.840. The molecule has 0 aromatic heterocycles. The summed E-state index contributed by atoms with van der Waals surface area (Å²) in [5, 5.41) is 6.20. The lowest BCUT2D eigenvalue weighted by molar-refractivity contribution is -0.125. The number of aryl methyl sites for hydroxylation is 1. The van der Waals surface area contributed by atoms with E-state index in [4.69, 9.17) is 4.74 Å². The molecule has 1 heterocycles. The second-order valence-electron chi connectivity index (χ2n) is 5.51. The molecule has 116 valence electrons. The number of amides is 1. The van der Waals surface area contributed by atoms with Crippen LogP contribution in [0.1, 0.15) is 24.5 Å². The highest BCUT2D eigenvalue weighted by Crippen LogP contribution is 2.15. The predicted molar refractivity (Wildman–Crippen MR) is 79.4 cm³/mol. The van der Waals surface area contributed by atoms with Crippen LogP contribution in [-0.4, -0.2) is 31.7 Å². The third-order valence-corrected chi connectivity index (χ3v) is 3.78. The molecule has 4 nitrogen and oxygen atoms in total. The molecule has 0 spiro atoms. The van der Waals surface area contributed by atoms with Crippen LogP contribution in [0.4, 0.5) is 4.39 Å². The summed E-state index contributed by atoms with van der Waals surface area (Å²) in [4.78, 5) is 12.2. The number of hydrogen-bond donors (Lipinski definition) is 2. The van der Waals surface area contributed by atoms with Gasteiger partial charge in [-0.05, 0) is 37.1 Å². The van der Waals surface area contributed by atoms with Gasteiger partial charge < -0.3 is 15.4 Å². The number of carbonyl (C=O) groups is 1. The maximum Gasteiger partial charge on any atom is 0.227 e. The summed E-state index contributed by atoms with van der Waals surface area (Å²) < 4.78 is 18.9. The highest BCUT2D eigenvalue weighted by atomic mass is 19.1. The van der Waals surface area contributed by atoms with E-state index in [1.54, 1.807) is 13.0 Å². The molecule has 1 saturated heterocycles. The highest BCUT2D eigenvalue weighted by Gasteiger charge is 2.33. The fourth-order valence-electron chi connectivity index (χ4n) is 2.41. The maximum atomic E-state index is 13.5. The number of nitrogens with one attached hydrogen (secondary N) is 2. The Labute approximate surface area is 125 Å². The van der Waals surface area contributed by atoms with Crippen molar-refractivity contribution in [2.24, 2.45) is 5.92 Å². The molecule has 0 bridgehead atoms. The molecule has 21 heavy (non-hydrogen) atoms. The van der Waals surface area contributed by atoms with Crippen molar-refractivity contribution in [3.63, 3.8) is 0 Å². The van der Waals surface area contributed by atoms with Gasteiger partial charge in [0.2, 0.25) is 5.91 Å². The van der Waals surface area contributed by atoms with Crippen molar-refractivity contribution >= 4 is 5.91 Å². The van der Waals surface area contributed by atoms with Crippen LogP contribution < -0.4 is 10.6 Å². The van der Waals surface area contributed by atoms with Crippen LogP contribution in [0.15, 0.2) is 18.2 Å². The normalized spacial score (nSPS) is 21.5. The Morgan fingerprint density at radius 1 is 1.43 bits per heavy atom. The molecule has 2 atom stereocenters. The van der Waals surface area contributed by atoms with Gasteiger partial charge in [0.1, 0.15) is 5.82 Å². The minimum atomic E-state index is -0.242. The monoisotopic (exact) mass is 294 g/mol. The first-order chi connectivity index (χ1) is 10.1. The number of carbonyl (C=O) groups excluding carboxylic acids is 1. The second-order valence-corrected chi connectivity index (χ2v) is 5.51. The second kappa shape index (κ2) is 7.52. The molecule has 1 aliphatic heterocycles. The Balaban J connectivity index is 1.87. The summed E-state index contributed by atoms with van der Waals surface area (Å²) in [5.74, 6) is -0.456. The molecular weight excluding hydrogens is 271 g/mol. The molecule has 1 aromatic rings. The molecule has 1 amide bonds. The van der Waals surface area contributed by atoms with Crippen molar-refractivity contribution < 1.29 is 13.9 Å². The summed E-state index contributed by atoms with van der Waals surface area (Å²) in [6.07, 6.45) is 1.02. The van der Waals surface area contributed by atoms with E-state index < -0.39 is 0 Å². The van der Waals surface area contributed by atoms with Crippen LogP contribution in [-0.2, 0) is 16.1 Å². The van der Waals surface area contributed by atoms with E-state index in [1.807, 2.05) is 6.07 Å². The summed E-state index contributed by atoms with van der Waals surface area (Å²) in [7, 11) is 0. The standard InChI is InChI=1S/C16H23FN2O2/c1-3-6-18-15-10-21-9-13(15)16(20)19-8-12-5-4-11(2)14(17)7-12/h4-5,7,13,15,18H,3,6,8-10H2,1-2H3,(H,19,20). The van der Waals surface area contributed by atoms with Gasteiger partial charge in [0, 0.05) is 12.6 Å². The van der Waals surface area contributed by atoms with Crippen molar-refractivity contribution in [3.8, 4) is 0 Å². The summed E-state index contributed by atoms with van der Waals surface area (Å²) in [5.41, 5.74) is 1.38. The van der Waals surface area contributed by atoms with Crippen LogP contribution in [0.3, 0.4) is 0 Å². The zero-order valence-corrected chi connectivity index (χ0v) is 12.6. The topological polar surface area (TPSA) is 50.4 Å². The van der Waals surface area contributed by atoms with Gasteiger partial charge in [-0.1, -0.05) is 19.1 Å². The Morgan fingerprint density at radius 2 is 2.24 bits per heavy atom. The van der Waals surface area contributed by atoms with E-state index in [9.17, 15) is 9.18 Å². The lowest BCUT2D eigenvalue weighted by Gasteiger charge is -2.18. The zero-order chi connectivity index (χ0) is 15.2. The molecule has 2 unspecified atom stereocenters. The molecule has 1 aliphatic rings. The van der Waals surface area contributed by atoms with Crippen LogP contribution >= 0.6 is 0 Å². The van der Waals surface area contributed by atoms with Crippen LogP contribution in [0.25, 0.3) is 0 Å². The SMILES string of the molecule is CCCNC1COCC1C(=O)NCc1ccc(C)c(F)c1. The van der Waals surface area contributed by atoms with Gasteiger partial charge in [-0.2, -0.15) is 0 Å². The first kappa shape index (κ1) is 15.9. The van der Waals surface area contributed by atoms with Crippen molar-refractivity contribution in [2.75, 3.05) is 19.8 Å². The average molecular weight is 294 g/mol. The van der Waals surface area contributed by atoms with Crippen LogP contribution in [0.2, 0.25) is 0 Å². The van der Waals surface area contributed by atoms with E-state index >= 15 is 0 Å². The van der Waals surface area contributed by atoms with E-state index in [1.165, 1.54) is 6.07 Å². The molecule has 0 aliphatic carbocycles. The smallest absolute Gasteiger partial charge is 0.227 e. The molecule has 5 heteroatoms. The van der Waals surface area contributed by atoms with Gasteiger partial charge in [0.15, 0.2) is 0 Å². The van der Waals surface area contributed by atoms with Gasteiger partial charge in [-0.25, -0.2) is 4.39 Å². The third-order valence-electron chi connectivity index (χ3n) is 3.78. The van der Waals surface area contributed by atoms with Crippen LogP contribution in [0, 0.1) is 18.7 Å². The van der Waals surface area contributed by atoms with E-state index in [0.29, 0.717) is 25.3 Å². The van der Waals surface area contributed by atoms with E-state index in [-0.39, 0.29) is 23.7 Å². The van der Waals surface area contributed by atoms with Crippen molar-refractivity contribution in [1.29, 1.82) is 0 Å². The number of halogens is 1. The Kier molecular flexibility index (Phi) is 5.70. The fraction of sp³-hybridized carbons (Fsp3) is 0.562. The largest absolute Gasteiger partial charge is 0.379 e. The predicted octanol–water partition coefficient (Wildman–Crippen LogP) is 1.76. The molecule has 1 fully saturated rings. The first-order valence-corrected chi connectivity index (χ1v) is 7.45. The zero-order valence-electron chi connectivity index (χ0n) is 12.6. The average Bonchev–Trinajstić information content (AvgIpc) is 2.94. The number of hydrogen-bond acceptors (Lipinski definition) is 3. The van der Waals surface area contributed by atoms with E-state index in [0.717, 1.165) is 18.5 Å². The first-order valence-electron chi connectivity index (χ1n) is 7.45. The minimum absolute atomic E-state index is 0.0397. The maximum absolute atomic E-state index is 13.5. The molecule has 2 rings (SSSR count). The highest BCUT2D eigenvalue weighted by molar-refractivity contribution is 5.79. The number of ether oxygens (including phenoxy) is 1. The Morgan fingerprint density at radius 3 is 2.95 bits per heavy atom. The number of benzene rings is 1. The lowest BCUT2D eigenvalue weighted by atomic mass is 10.0. The summed E-state index contributed by atoms with van der Waals surface area (Å²) >= 11 is 0. The fourth-order valence-corrected chi connectivity index (χ4v) is 2.41. The number of rotatable bonds is 6. The minimum Gasteiger partial charge on any atom is -0.379 e. The van der Waals surface area contributed by atoms with Crippen molar-refractivity contribution in [1.82, 2.24) is 10.6 Å². The van der Waals surface area contributed by atoms with E-state index in [2.05, 4.69) is 17.6 Å². The summed E-state index contributed by atoms with van der Waals surface area (Å²) in [6.45, 7) is 6.03. The van der Waals surface area contributed by atoms with Crippen LogP contribution in [0.5, 0.6) is 0 Å². The van der Waals surface area contributed by atoms with Gasteiger partial charge in [0.05, 0.1) is 19.1 Å². The Hall–Kier alpha value is -1.46. The third kappa shape index (κ3) is 4.25.